The number of anilines is 1. The van der Waals surface area contributed by atoms with Crippen molar-refractivity contribution >= 4 is 22.9 Å². The molecule has 0 aliphatic carbocycles. The maximum absolute atomic E-state index is 13.7. The molecule has 24 heavy (non-hydrogen) atoms. The first kappa shape index (κ1) is 16.2. The number of thiazole rings is 1. The lowest BCUT2D eigenvalue weighted by Gasteiger charge is -2.08. The summed E-state index contributed by atoms with van der Waals surface area (Å²) in [6.45, 7) is 1.88. The van der Waals surface area contributed by atoms with Gasteiger partial charge in [-0.15, -0.1) is 11.3 Å². The molecular formula is C17H11F3N2OS. The average Bonchev–Trinajstić information content (AvgIpc) is 2.99. The molecular weight excluding hydrogens is 337 g/mol. The second-order valence-corrected chi connectivity index (χ2v) is 6.07. The molecule has 2 aromatic carbocycles. The van der Waals surface area contributed by atoms with Crippen molar-refractivity contribution in [3.05, 3.63) is 69.8 Å². The van der Waals surface area contributed by atoms with Crippen molar-refractivity contribution in [3.8, 4) is 11.3 Å². The molecule has 0 spiro atoms. The van der Waals surface area contributed by atoms with Gasteiger partial charge in [-0.3, -0.25) is 4.79 Å². The summed E-state index contributed by atoms with van der Waals surface area (Å²) < 4.78 is 39.9. The molecule has 0 saturated heterocycles. The highest BCUT2D eigenvalue weighted by Crippen LogP contribution is 2.25. The van der Waals surface area contributed by atoms with Crippen molar-refractivity contribution in [2.24, 2.45) is 0 Å². The molecule has 0 aliphatic heterocycles. The third-order valence-corrected chi connectivity index (χ3v) is 4.09. The smallest absolute Gasteiger partial charge is 0.258 e. The Morgan fingerprint density at radius 1 is 1.12 bits per heavy atom. The number of amides is 1. The van der Waals surface area contributed by atoms with Crippen molar-refractivity contribution in [1.29, 1.82) is 0 Å². The zero-order chi connectivity index (χ0) is 17.3. The first-order valence-electron chi connectivity index (χ1n) is 6.93. The van der Waals surface area contributed by atoms with E-state index in [2.05, 4.69) is 10.3 Å². The van der Waals surface area contributed by atoms with E-state index >= 15 is 0 Å². The third-order valence-electron chi connectivity index (χ3n) is 3.32. The van der Waals surface area contributed by atoms with Crippen molar-refractivity contribution in [2.45, 2.75) is 6.92 Å². The minimum Gasteiger partial charge on any atom is -0.322 e. The Bertz CT molecular complexity index is 924. The Kier molecular flexibility index (Phi) is 4.35. The molecule has 0 saturated carbocycles. The Hall–Kier alpha value is -2.67. The standard InChI is InChI=1S/C17H11F3N2OS/c1-9-21-14(8-24-9)10-3-2-4-11(7-10)22-17(23)12-5-6-13(18)16(20)15(12)19/h2-8H,1H3,(H,22,23). The number of aryl methyl sites for hydroxylation is 1. The zero-order valence-corrected chi connectivity index (χ0v) is 13.3. The van der Waals surface area contributed by atoms with Gasteiger partial charge in [-0.25, -0.2) is 18.2 Å². The minimum atomic E-state index is -1.67. The first-order chi connectivity index (χ1) is 11.5. The van der Waals surface area contributed by atoms with Crippen LogP contribution in [0.2, 0.25) is 0 Å². The predicted molar refractivity (Wildman–Crippen MR) is 86.6 cm³/mol. The summed E-state index contributed by atoms with van der Waals surface area (Å²) in [5.74, 6) is -5.39. The van der Waals surface area contributed by atoms with Crippen molar-refractivity contribution in [3.63, 3.8) is 0 Å². The Balaban J connectivity index is 1.86. The number of hydrogen-bond donors (Lipinski definition) is 1. The number of nitrogens with zero attached hydrogens (tertiary/aromatic N) is 1. The molecule has 0 bridgehead atoms. The SMILES string of the molecule is Cc1nc(-c2cccc(NC(=O)c3ccc(F)c(F)c3F)c2)cs1. The van der Waals surface area contributed by atoms with E-state index in [4.69, 9.17) is 0 Å². The lowest BCUT2D eigenvalue weighted by atomic mass is 10.1. The lowest BCUT2D eigenvalue weighted by Crippen LogP contribution is -2.15. The Morgan fingerprint density at radius 3 is 2.62 bits per heavy atom. The van der Waals surface area contributed by atoms with Crippen LogP contribution in [0.3, 0.4) is 0 Å². The van der Waals surface area contributed by atoms with Crippen LogP contribution in [0.4, 0.5) is 18.9 Å². The molecule has 1 heterocycles. The lowest BCUT2D eigenvalue weighted by molar-refractivity contribution is 0.102. The predicted octanol–water partition coefficient (Wildman–Crippen LogP) is 4.79. The van der Waals surface area contributed by atoms with Crippen molar-refractivity contribution in [1.82, 2.24) is 4.98 Å². The van der Waals surface area contributed by atoms with Gasteiger partial charge in [0.05, 0.1) is 16.3 Å². The van der Waals surface area contributed by atoms with Crippen LogP contribution in [0.1, 0.15) is 15.4 Å². The molecule has 0 radical (unpaired) electrons. The van der Waals surface area contributed by atoms with Crippen LogP contribution in [0.5, 0.6) is 0 Å². The largest absolute Gasteiger partial charge is 0.322 e. The quantitative estimate of drug-likeness (QED) is 0.692. The highest BCUT2D eigenvalue weighted by molar-refractivity contribution is 7.09. The molecule has 1 N–H and O–H groups in total. The van der Waals surface area contributed by atoms with E-state index in [1.807, 2.05) is 18.4 Å². The van der Waals surface area contributed by atoms with Crippen molar-refractivity contribution < 1.29 is 18.0 Å². The number of benzene rings is 2. The van der Waals surface area contributed by atoms with Crippen molar-refractivity contribution in [2.75, 3.05) is 5.32 Å². The number of halogens is 3. The summed E-state index contributed by atoms with van der Waals surface area (Å²) in [5.41, 5.74) is 1.37. The fraction of sp³-hybridized carbons (Fsp3) is 0.0588. The molecule has 0 fully saturated rings. The maximum atomic E-state index is 13.7. The fourth-order valence-electron chi connectivity index (χ4n) is 2.15. The molecule has 3 aromatic rings. The van der Waals surface area contributed by atoms with Crippen LogP contribution in [-0.4, -0.2) is 10.9 Å². The van der Waals surface area contributed by atoms with Gasteiger partial charge in [0.15, 0.2) is 17.5 Å². The highest BCUT2D eigenvalue weighted by atomic mass is 32.1. The number of hydrogen-bond acceptors (Lipinski definition) is 3. The van der Waals surface area contributed by atoms with E-state index in [1.165, 1.54) is 11.3 Å². The van der Waals surface area contributed by atoms with Gasteiger partial charge in [-0.2, -0.15) is 0 Å². The second-order valence-electron chi connectivity index (χ2n) is 5.01. The second kappa shape index (κ2) is 6.45. The van der Waals surface area contributed by atoms with Gasteiger partial charge >= 0.3 is 0 Å². The molecule has 3 nitrogen and oxygen atoms in total. The van der Waals surface area contributed by atoms with Crippen LogP contribution >= 0.6 is 11.3 Å². The minimum absolute atomic E-state index is 0.396. The topological polar surface area (TPSA) is 42.0 Å². The Morgan fingerprint density at radius 2 is 1.92 bits per heavy atom. The average molecular weight is 348 g/mol. The molecule has 1 aromatic heterocycles. The van der Waals surface area contributed by atoms with Crippen LogP contribution < -0.4 is 5.32 Å². The van der Waals surface area contributed by atoms with Crippen LogP contribution in [-0.2, 0) is 0 Å². The van der Waals surface area contributed by atoms with E-state index in [-0.39, 0.29) is 0 Å². The number of rotatable bonds is 3. The molecule has 3 rings (SSSR count). The molecule has 122 valence electrons. The van der Waals surface area contributed by atoms with Gasteiger partial charge < -0.3 is 5.32 Å². The van der Waals surface area contributed by atoms with Gasteiger partial charge in [-0.1, -0.05) is 12.1 Å². The van der Waals surface area contributed by atoms with E-state index in [0.717, 1.165) is 22.3 Å². The van der Waals surface area contributed by atoms with Gasteiger partial charge in [-0.05, 0) is 31.2 Å². The van der Waals surface area contributed by atoms with Crippen LogP contribution in [0.15, 0.2) is 41.8 Å². The number of carbonyl (C=O) groups excluding carboxylic acids is 1. The normalized spacial score (nSPS) is 10.7. The highest BCUT2D eigenvalue weighted by Gasteiger charge is 2.19. The zero-order valence-electron chi connectivity index (χ0n) is 12.4. The van der Waals surface area contributed by atoms with E-state index < -0.39 is 28.9 Å². The summed E-state index contributed by atoms with van der Waals surface area (Å²) in [6.07, 6.45) is 0. The van der Waals surface area contributed by atoms with Gasteiger partial charge in [0.1, 0.15) is 0 Å². The monoisotopic (exact) mass is 348 g/mol. The van der Waals surface area contributed by atoms with E-state index in [9.17, 15) is 18.0 Å². The van der Waals surface area contributed by atoms with Gasteiger partial charge in [0.2, 0.25) is 0 Å². The molecule has 1 amide bonds. The third kappa shape index (κ3) is 3.16. The summed E-state index contributed by atoms with van der Waals surface area (Å²) in [4.78, 5) is 16.4. The summed E-state index contributed by atoms with van der Waals surface area (Å²) in [7, 11) is 0. The van der Waals surface area contributed by atoms with Crippen LogP contribution in [0.25, 0.3) is 11.3 Å². The summed E-state index contributed by atoms with van der Waals surface area (Å²) >= 11 is 1.50. The van der Waals surface area contributed by atoms with E-state index in [0.29, 0.717) is 11.8 Å². The Labute approximate surface area is 139 Å². The van der Waals surface area contributed by atoms with Gasteiger partial charge in [0.25, 0.3) is 5.91 Å². The van der Waals surface area contributed by atoms with E-state index in [1.54, 1.807) is 18.2 Å². The molecule has 0 atom stereocenters. The molecule has 7 heteroatoms. The number of nitrogens with one attached hydrogen (secondary N) is 1. The summed E-state index contributed by atoms with van der Waals surface area (Å²) in [6, 6.07) is 8.42. The fourth-order valence-corrected chi connectivity index (χ4v) is 2.77. The summed E-state index contributed by atoms with van der Waals surface area (Å²) in [5, 5.41) is 5.26. The van der Waals surface area contributed by atoms with Crippen LogP contribution in [0, 0.1) is 24.4 Å². The van der Waals surface area contributed by atoms with Gasteiger partial charge in [0, 0.05) is 16.6 Å². The number of aromatic nitrogens is 1. The molecule has 0 aliphatic rings. The first-order valence-corrected chi connectivity index (χ1v) is 7.81. The number of carbonyl (C=O) groups is 1. The maximum Gasteiger partial charge on any atom is 0.258 e. The molecule has 0 unspecified atom stereocenters.